The predicted molar refractivity (Wildman–Crippen MR) is 85.9 cm³/mol. The van der Waals surface area contributed by atoms with Crippen LogP contribution in [-0.4, -0.2) is 53.8 Å². The minimum absolute atomic E-state index is 0.104. The number of hydrogen-bond donors (Lipinski definition) is 3. The van der Waals surface area contributed by atoms with Crippen molar-refractivity contribution >= 4 is 5.91 Å². The van der Waals surface area contributed by atoms with Crippen LogP contribution >= 0.6 is 0 Å². The summed E-state index contributed by atoms with van der Waals surface area (Å²) in [6.45, 7) is 3.76. The van der Waals surface area contributed by atoms with E-state index in [9.17, 15) is 4.79 Å². The summed E-state index contributed by atoms with van der Waals surface area (Å²) < 4.78 is 5.23. The summed E-state index contributed by atoms with van der Waals surface area (Å²) in [4.78, 5) is 21.1. The highest BCUT2D eigenvalue weighted by Crippen LogP contribution is 2.34. The Morgan fingerprint density at radius 1 is 1.33 bits per heavy atom. The maximum absolute atomic E-state index is 12.6. The smallest absolute Gasteiger partial charge is 0.229 e. The van der Waals surface area contributed by atoms with Gasteiger partial charge in [-0.15, -0.1) is 0 Å². The highest BCUT2D eigenvalue weighted by atomic mass is 16.5. The zero-order chi connectivity index (χ0) is 16.4. The standard InChI is InChI=1S/C16H20N6O2/c23-15(16-9-17-7-11(16)8-18-10-16)20-6-4-13-21-14(22-24-13)12-3-1-2-5-19-12/h1-3,5,11,17-18H,4,6-10H2,(H,20,23). The molecule has 8 nitrogen and oxygen atoms in total. The molecule has 2 aromatic rings. The molecule has 0 atom stereocenters. The Hall–Kier alpha value is -2.32. The van der Waals surface area contributed by atoms with E-state index in [0.29, 0.717) is 36.3 Å². The molecule has 2 aliphatic heterocycles. The maximum atomic E-state index is 12.6. The van der Waals surface area contributed by atoms with Gasteiger partial charge in [-0.25, -0.2) is 0 Å². The Balaban J connectivity index is 1.33. The second kappa shape index (κ2) is 6.29. The number of aromatic nitrogens is 3. The molecular formula is C16H20N6O2. The Labute approximate surface area is 139 Å². The number of pyridine rings is 1. The second-order valence-corrected chi connectivity index (χ2v) is 6.35. The van der Waals surface area contributed by atoms with E-state index >= 15 is 0 Å². The number of amides is 1. The number of fused-ring (bicyclic) bond motifs is 1. The van der Waals surface area contributed by atoms with Crippen LogP contribution in [0.25, 0.3) is 11.5 Å². The highest BCUT2D eigenvalue weighted by molar-refractivity contribution is 5.84. The summed E-state index contributed by atoms with van der Waals surface area (Å²) in [6, 6.07) is 5.54. The zero-order valence-electron chi connectivity index (χ0n) is 13.3. The van der Waals surface area contributed by atoms with E-state index in [1.54, 1.807) is 6.20 Å². The summed E-state index contributed by atoms with van der Waals surface area (Å²) in [6.07, 6.45) is 2.19. The van der Waals surface area contributed by atoms with Crippen molar-refractivity contribution in [1.29, 1.82) is 0 Å². The summed E-state index contributed by atoms with van der Waals surface area (Å²) in [5, 5.41) is 13.6. The van der Waals surface area contributed by atoms with E-state index in [0.717, 1.165) is 26.2 Å². The summed E-state index contributed by atoms with van der Waals surface area (Å²) in [7, 11) is 0. The number of carbonyl (C=O) groups excluding carboxylic acids is 1. The van der Waals surface area contributed by atoms with Gasteiger partial charge < -0.3 is 20.5 Å². The van der Waals surface area contributed by atoms with E-state index in [1.807, 2.05) is 18.2 Å². The molecule has 2 aromatic heterocycles. The van der Waals surface area contributed by atoms with Crippen LogP contribution in [0.1, 0.15) is 5.89 Å². The van der Waals surface area contributed by atoms with Crippen molar-refractivity contribution in [3.63, 3.8) is 0 Å². The van der Waals surface area contributed by atoms with Gasteiger partial charge in [-0.05, 0) is 12.1 Å². The number of hydrogen-bond acceptors (Lipinski definition) is 7. The SMILES string of the molecule is O=C(NCCc1nc(-c2ccccn2)no1)C12CNCC1CNC2. The van der Waals surface area contributed by atoms with Crippen molar-refractivity contribution in [2.75, 3.05) is 32.7 Å². The molecular weight excluding hydrogens is 308 g/mol. The third-order valence-corrected chi connectivity index (χ3v) is 4.88. The van der Waals surface area contributed by atoms with Crippen LogP contribution in [0.2, 0.25) is 0 Å². The monoisotopic (exact) mass is 328 g/mol. The Kier molecular flexibility index (Phi) is 3.99. The molecule has 0 spiro atoms. The van der Waals surface area contributed by atoms with Crippen LogP contribution in [0.3, 0.4) is 0 Å². The quantitative estimate of drug-likeness (QED) is 0.686. The first-order chi connectivity index (χ1) is 11.8. The highest BCUT2D eigenvalue weighted by Gasteiger charge is 2.51. The molecule has 126 valence electrons. The average molecular weight is 328 g/mol. The topological polar surface area (TPSA) is 105 Å². The molecule has 0 radical (unpaired) electrons. The van der Waals surface area contributed by atoms with Crippen molar-refractivity contribution < 1.29 is 9.32 Å². The van der Waals surface area contributed by atoms with Crippen LogP contribution in [-0.2, 0) is 11.2 Å². The van der Waals surface area contributed by atoms with Crippen LogP contribution in [0.4, 0.5) is 0 Å². The molecule has 2 aliphatic rings. The minimum Gasteiger partial charge on any atom is -0.355 e. The molecule has 0 aromatic carbocycles. The van der Waals surface area contributed by atoms with E-state index < -0.39 is 0 Å². The average Bonchev–Trinajstić information content (AvgIpc) is 3.31. The predicted octanol–water partition coefficient (Wildman–Crippen LogP) is -0.401. The van der Waals surface area contributed by atoms with Crippen LogP contribution in [0.15, 0.2) is 28.9 Å². The molecule has 4 heterocycles. The van der Waals surface area contributed by atoms with Crippen molar-refractivity contribution in [3.05, 3.63) is 30.3 Å². The fourth-order valence-corrected chi connectivity index (χ4v) is 3.51. The van der Waals surface area contributed by atoms with Crippen molar-refractivity contribution in [2.24, 2.45) is 11.3 Å². The van der Waals surface area contributed by atoms with E-state index in [-0.39, 0.29) is 11.3 Å². The fourth-order valence-electron chi connectivity index (χ4n) is 3.51. The molecule has 4 rings (SSSR count). The summed E-state index contributed by atoms with van der Waals surface area (Å²) in [5.74, 6) is 1.44. The third-order valence-electron chi connectivity index (χ3n) is 4.88. The van der Waals surface area contributed by atoms with E-state index in [1.165, 1.54) is 0 Å². The number of nitrogens with zero attached hydrogens (tertiary/aromatic N) is 3. The Bertz CT molecular complexity index is 706. The first kappa shape index (κ1) is 15.2. The van der Waals surface area contributed by atoms with Gasteiger partial charge in [0.05, 0.1) is 5.41 Å². The van der Waals surface area contributed by atoms with Crippen molar-refractivity contribution in [1.82, 2.24) is 31.1 Å². The lowest BCUT2D eigenvalue weighted by Gasteiger charge is -2.25. The van der Waals surface area contributed by atoms with E-state index in [2.05, 4.69) is 31.1 Å². The van der Waals surface area contributed by atoms with Crippen molar-refractivity contribution in [3.8, 4) is 11.5 Å². The summed E-state index contributed by atoms with van der Waals surface area (Å²) >= 11 is 0. The normalized spacial score (nSPS) is 25.6. The molecule has 0 bridgehead atoms. The molecule has 0 aliphatic carbocycles. The largest absolute Gasteiger partial charge is 0.355 e. The summed E-state index contributed by atoms with van der Waals surface area (Å²) in [5.41, 5.74) is 0.362. The molecule has 1 amide bonds. The molecule has 3 N–H and O–H groups in total. The van der Waals surface area contributed by atoms with Crippen molar-refractivity contribution in [2.45, 2.75) is 6.42 Å². The lowest BCUT2D eigenvalue weighted by atomic mass is 9.80. The zero-order valence-corrected chi connectivity index (χ0v) is 13.3. The molecule has 24 heavy (non-hydrogen) atoms. The second-order valence-electron chi connectivity index (χ2n) is 6.35. The van der Waals surface area contributed by atoms with Gasteiger partial charge in [-0.3, -0.25) is 9.78 Å². The van der Waals surface area contributed by atoms with Gasteiger partial charge in [0.25, 0.3) is 0 Å². The molecule has 2 saturated heterocycles. The molecule has 0 saturated carbocycles. The first-order valence-electron chi connectivity index (χ1n) is 8.22. The number of carbonyl (C=O) groups is 1. The van der Waals surface area contributed by atoms with Crippen LogP contribution < -0.4 is 16.0 Å². The van der Waals surface area contributed by atoms with Gasteiger partial charge in [0.1, 0.15) is 5.69 Å². The Morgan fingerprint density at radius 2 is 2.17 bits per heavy atom. The van der Waals surface area contributed by atoms with Gasteiger partial charge in [0, 0.05) is 51.3 Å². The molecule has 8 heteroatoms. The number of nitrogens with one attached hydrogen (secondary N) is 3. The number of rotatable bonds is 5. The third kappa shape index (κ3) is 2.67. The molecule has 0 unspecified atom stereocenters. The van der Waals surface area contributed by atoms with E-state index in [4.69, 9.17) is 4.52 Å². The lowest BCUT2D eigenvalue weighted by Crippen LogP contribution is -2.47. The van der Waals surface area contributed by atoms with Gasteiger partial charge >= 0.3 is 0 Å². The van der Waals surface area contributed by atoms with Gasteiger partial charge in [-0.1, -0.05) is 11.2 Å². The lowest BCUT2D eigenvalue weighted by molar-refractivity contribution is -0.130. The van der Waals surface area contributed by atoms with Gasteiger partial charge in [-0.2, -0.15) is 4.98 Å². The first-order valence-corrected chi connectivity index (χ1v) is 8.22. The van der Waals surface area contributed by atoms with Gasteiger partial charge in [0.15, 0.2) is 0 Å². The Morgan fingerprint density at radius 3 is 2.92 bits per heavy atom. The fraction of sp³-hybridized carbons (Fsp3) is 0.500. The van der Waals surface area contributed by atoms with Gasteiger partial charge in [0.2, 0.25) is 17.6 Å². The van der Waals surface area contributed by atoms with Crippen LogP contribution in [0.5, 0.6) is 0 Å². The minimum atomic E-state index is -0.312. The molecule has 2 fully saturated rings. The maximum Gasteiger partial charge on any atom is 0.229 e. The van der Waals surface area contributed by atoms with Crippen LogP contribution in [0, 0.1) is 11.3 Å².